The first-order valence-corrected chi connectivity index (χ1v) is 9.61. The van der Waals surface area contributed by atoms with E-state index >= 15 is 0 Å². The quantitative estimate of drug-likeness (QED) is 0.706. The Balaban J connectivity index is 1.52. The molecule has 0 unspecified atom stereocenters. The molecule has 0 atom stereocenters. The van der Waals surface area contributed by atoms with Crippen molar-refractivity contribution in [1.82, 2.24) is 9.78 Å². The Kier molecular flexibility index (Phi) is 5.15. The highest BCUT2D eigenvalue weighted by Crippen LogP contribution is 2.25. The molecule has 1 aromatic heterocycles. The van der Waals surface area contributed by atoms with Gasteiger partial charge in [0.2, 0.25) is 0 Å². The third-order valence-corrected chi connectivity index (χ3v) is 5.41. The Morgan fingerprint density at radius 3 is 2.04 bits per heavy atom. The molecule has 1 aliphatic heterocycles. The lowest BCUT2D eigenvalue weighted by Gasteiger charge is -2.37. The first kappa shape index (κ1) is 18.7. The number of halogens is 2. The highest BCUT2D eigenvalue weighted by Gasteiger charge is 2.21. The van der Waals surface area contributed by atoms with E-state index in [1.54, 1.807) is 42.6 Å². The Morgan fingerprint density at radius 1 is 0.821 bits per heavy atom. The van der Waals surface area contributed by atoms with E-state index in [0.29, 0.717) is 29.5 Å². The minimum absolute atomic E-state index is 0.156. The molecule has 1 fully saturated rings. The number of piperazine rings is 1. The summed E-state index contributed by atoms with van der Waals surface area (Å²) >= 11 is 12.3. The zero-order chi connectivity index (χ0) is 19.7. The van der Waals surface area contributed by atoms with Crippen LogP contribution in [0.1, 0.15) is 0 Å². The van der Waals surface area contributed by atoms with Crippen LogP contribution < -0.4 is 15.4 Å². The van der Waals surface area contributed by atoms with Crippen molar-refractivity contribution < 1.29 is 5.11 Å². The van der Waals surface area contributed by atoms with E-state index in [0.717, 1.165) is 18.8 Å². The van der Waals surface area contributed by atoms with Crippen LogP contribution in [-0.2, 0) is 0 Å². The summed E-state index contributed by atoms with van der Waals surface area (Å²) in [4.78, 5) is 17.0. The van der Waals surface area contributed by atoms with E-state index in [-0.39, 0.29) is 16.3 Å². The predicted molar refractivity (Wildman–Crippen MR) is 112 cm³/mol. The lowest BCUT2D eigenvalue weighted by atomic mass is 10.2. The number of hydrogen-bond donors (Lipinski definition) is 1. The van der Waals surface area contributed by atoms with E-state index in [2.05, 4.69) is 14.9 Å². The zero-order valence-electron chi connectivity index (χ0n) is 14.9. The Labute approximate surface area is 172 Å². The number of benzene rings is 2. The minimum atomic E-state index is -0.359. The summed E-state index contributed by atoms with van der Waals surface area (Å²) in [5, 5.41) is 14.5. The van der Waals surface area contributed by atoms with Crippen LogP contribution in [0.4, 0.5) is 11.4 Å². The molecule has 8 heteroatoms. The van der Waals surface area contributed by atoms with Gasteiger partial charge in [0.25, 0.3) is 5.56 Å². The highest BCUT2D eigenvalue weighted by molar-refractivity contribution is 6.33. The predicted octanol–water partition coefficient (Wildman–Crippen LogP) is 3.57. The maximum absolute atomic E-state index is 12.7. The molecule has 3 aromatic rings. The molecule has 0 spiro atoms. The van der Waals surface area contributed by atoms with Gasteiger partial charge in [-0.15, -0.1) is 0 Å². The molecule has 0 amide bonds. The first-order chi connectivity index (χ1) is 13.5. The van der Waals surface area contributed by atoms with E-state index in [1.165, 1.54) is 4.68 Å². The second kappa shape index (κ2) is 7.73. The van der Waals surface area contributed by atoms with Crippen molar-refractivity contribution in [1.29, 1.82) is 0 Å². The van der Waals surface area contributed by atoms with Crippen LogP contribution in [0.2, 0.25) is 10.0 Å². The van der Waals surface area contributed by atoms with Gasteiger partial charge in [0, 0.05) is 36.9 Å². The van der Waals surface area contributed by atoms with E-state index in [4.69, 9.17) is 23.2 Å². The van der Waals surface area contributed by atoms with Gasteiger partial charge in [-0.25, -0.2) is 0 Å². The molecule has 144 valence electrons. The molecule has 4 rings (SSSR count). The fourth-order valence-corrected chi connectivity index (χ4v) is 3.65. The van der Waals surface area contributed by atoms with Crippen molar-refractivity contribution in [2.75, 3.05) is 36.0 Å². The van der Waals surface area contributed by atoms with Crippen molar-refractivity contribution in [3.63, 3.8) is 0 Å². The summed E-state index contributed by atoms with van der Waals surface area (Å²) in [7, 11) is 0. The molecule has 0 aliphatic carbocycles. The molecular weight excluding hydrogens is 399 g/mol. The van der Waals surface area contributed by atoms with Crippen LogP contribution in [0.3, 0.4) is 0 Å². The molecule has 0 saturated carbocycles. The topological polar surface area (TPSA) is 61.6 Å². The SMILES string of the molecule is O=c1c(Cl)c(N2CCN(c3ccc(O)cc3)CC2)cnn1-c1ccc(Cl)cc1. The number of aromatic nitrogens is 2. The van der Waals surface area contributed by atoms with Crippen LogP contribution in [-0.4, -0.2) is 41.1 Å². The summed E-state index contributed by atoms with van der Waals surface area (Å²) in [5.41, 5.74) is 1.95. The molecule has 2 heterocycles. The molecule has 6 nitrogen and oxygen atoms in total. The summed E-state index contributed by atoms with van der Waals surface area (Å²) < 4.78 is 1.27. The van der Waals surface area contributed by atoms with Crippen molar-refractivity contribution in [3.05, 3.63) is 75.1 Å². The normalized spacial score (nSPS) is 14.4. The van der Waals surface area contributed by atoms with E-state index in [9.17, 15) is 9.90 Å². The van der Waals surface area contributed by atoms with Crippen molar-refractivity contribution >= 4 is 34.6 Å². The van der Waals surface area contributed by atoms with Crippen molar-refractivity contribution in [2.24, 2.45) is 0 Å². The van der Waals surface area contributed by atoms with Crippen LogP contribution in [0.15, 0.2) is 59.5 Å². The standard InChI is InChI=1S/C20H18Cl2N4O2/c21-14-1-3-16(4-2-14)26-20(28)19(22)18(13-23-26)25-11-9-24(10-12-25)15-5-7-17(27)8-6-15/h1-8,13,27H,9-12H2. The lowest BCUT2D eigenvalue weighted by Crippen LogP contribution is -2.47. The molecule has 2 aromatic carbocycles. The van der Waals surface area contributed by atoms with Gasteiger partial charge in [-0.3, -0.25) is 4.79 Å². The third-order valence-electron chi connectivity index (χ3n) is 4.81. The summed E-state index contributed by atoms with van der Waals surface area (Å²) in [5.74, 6) is 0.251. The summed E-state index contributed by atoms with van der Waals surface area (Å²) in [6, 6.07) is 14.0. The first-order valence-electron chi connectivity index (χ1n) is 8.85. The minimum Gasteiger partial charge on any atom is -0.508 e. The number of phenolic OH excluding ortho intramolecular Hbond substituents is 1. The fourth-order valence-electron chi connectivity index (χ4n) is 3.28. The Hall–Kier alpha value is -2.70. The number of phenols is 1. The Bertz CT molecular complexity index is 1030. The molecule has 0 radical (unpaired) electrons. The molecule has 1 saturated heterocycles. The van der Waals surface area contributed by atoms with Gasteiger partial charge in [0.1, 0.15) is 10.8 Å². The van der Waals surface area contributed by atoms with E-state index in [1.807, 2.05) is 12.1 Å². The maximum atomic E-state index is 12.7. The molecule has 0 bridgehead atoms. The number of anilines is 2. The second-order valence-corrected chi connectivity index (χ2v) is 7.34. The van der Waals surface area contributed by atoms with Crippen molar-refractivity contribution in [3.8, 4) is 11.4 Å². The van der Waals surface area contributed by atoms with Gasteiger partial charge in [-0.1, -0.05) is 23.2 Å². The average Bonchev–Trinajstić information content (AvgIpc) is 2.72. The molecular formula is C20H18Cl2N4O2. The fraction of sp³-hybridized carbons (Fsp3) is 0.200. The van der Waals surface area contributed by atoms with Gasteiger partial charge in [-0.2, -0.15) is 9.78 Å². The summed E-state index contributed by atoms with van der Waals surface area (Å²) in [6.07, 6.45) is 1.63. The van der Waals surface area contributed by atoms with Crippen LogP contribution in [0, 0.1) is 0 Å². The van der Waals surface area contributed by atoms with Crippen LogP contribution in [0.25, 0.3) is 5.69 Å². The maximum Gasteiger partial charge on any atom is 0.292 e. The van der Waals surface area contributed by atoms with Gasteiger partial charge in [0.15, 0.2) is 0 Å². The largest absolute Gasteiger partial charge is 0.508 e. The number of nitrogens with zero attached hydrogens (tertiary/aromatic N) is 4. The van der Waals surface area contributed by atoms with Crippen LogP contribution in [0.5, 0.6) is 5.75 Å². The van der Waals surface area contributed by atoms with Gasteiger partial charge in [0.05, 0.1) is 17.6 Å². The Morgan fingerprint density at radius 2 is 1.39 bits per heavy atom. The smallest absolute Gasteiger partial charge is 0.292 e. The highest BCUT2D eigenvalue weighted by atomic mass is 35.5. The zero-order valence-corrected chi connectivity index (χ0v) is 16.4. The molecule has 1 N–H and O–H groups in total. The number of hydrogen-bond acceptors (Lipinski definition) is 5. The monoisotopic (exact) mass is 416 g/mol. The van der Waals surface area contributed by atoms with Gasteiger partial charge >= 0.3 is 0 Å². The van der Waals surface area contributed by atoms with E-state index < -0.39 is 0 Å². The van der Waals surface area contributed by atoms with Gasteiger partial charge in [-0.05, 0) is 48.5 Å². The van der Waals surface area contributed by atoms with Crippen molar-refractivity contribution in [2.45, 2.75) is 0 Å². The third kappa shape index (κ3) is 3.66. The lowest BCUT2D eigenvalue weighted by molar-refractivity contribution is 0.475. The molecule has 1 aliphatic rings. The van der Waals surface area contributed by atoms with Gasteiger partial charge < -0.3 is 14.9 Å². The number of aromatic hydroxyl groups is 1. The second-order valence-electron chi connectivity index (χ2n) is 6.53. The summed E-state index contributed by atoms with van der Waals surface area (Å²) in [6.45, 7) is 2.99. The van der Waals surface area contributed by atoms with Crippen LogP contribution >= 0.6 is 23.2 Å². The number of rotatable bonds is 3. The average molecular weight is 417 g/mol. The molecule has 28 heavy (non-hydrogen) atoms.